The number of allylic oxidation sites excluding steroid dienone is 1. The molecule has 4 rings (SSSR count). The van der Waals surface area contributed by atoms with Crippen LogP contribution in [0.15, 0.2) is 29.6 Å². The molecule has 186 valence electrons. The van der Waals surface area contributed by atoms with Crippen LogP contribution in [0.1, 0.15) is 32.1 Å². The van der Waals surface area contributed by atoms with Gasteiger partial charge in [-0.1, -0.05) is 12.2 Å². The van der Waals surface area contributed by atoms with Crippen molar-refractivity contribution in [1.82, 2.24) is 24.9 Å². The Balaban J connectivity index is 1.19. The van der Waals surface area contributed by atoms with Gasteiger partial charge < -0.3 is 19.9 Å². The molecule has 10 nitrogen and oxygen atoms in total. The molecule has 3 heterocycles. The number of rotatable bonds is 8. The van der Waals surface area contributed by atoms with Gasteiger partial charge in [0.25, 0.3) is 0 Å². The first-order valence-corrected chi connectivity index (χ1v) is 12.3. The molecular formula is C24H37N7O3. The normalized spacial score (nSPS) is 24.2. The predicted molar refractivity (Wildman–Crippen MR) is 131 cm³/mol. The SMILES string of the molecule is CN1CCN(CCCOC(=O)NC2C=CCC(CC3=NN(c4cnn(C)c4)CCC3=O)C2)CC1. The molecule has 0 saturated carbocycles. The zero-order chi connectivity index (χ0) is 23.9. The van der Waals surface area contributed by atoms with Crippen molar-refractivity contribution < 1.29 is 14.3 Å². The molecule has 0 bridgehead atoms. The topological polar surface area (TPSA) is 95.3 Å². The van der Waals surface area contributed by atoms with Gasteiger partial charge in [0.2, 0.25) is 0 Å². The van der Waals surface area contributed by atoms with E-state index in [0.717, 1.165) is 57.7 Å². The first kappa shape index (κ1) is 24.4. The smallest absolute Gasteiger partial charge is 0.407 e. The van der Waals surface area contributed by atoms with Crippen molar-refractivity contribution in [3.8, 4) is 0 Å². The Labute approximate surface area is 201 Å². The molecule has 2 aliphatic heterocycles. The average Bonchev–Trinajstić information content (AvgIpc) is 3.26. The van der Waals surface area contributed by atoms with E-state index in [2.05, 4.69) is 38.4 Å². The average molecular weight is 472 g/mol. The fraction of sp³-hybridized carbons (Fsp3) is 0.667. The zero-order valence-electron chi connectivity index (χ0n) is 20.4. The summed E-state index contributed by atoms with van der Waals surface area (Å²) in [5, 5.41) is 13.6. The highest BCUT2D eigenvalue weighted by Crippen LogP contribution is 2.25. The Hall–Kier alpha value is -2.72. The number of hydrogen-bond donors (Lipinski definition) is 1. The number of amides is 1. The molecule has 2 unspecified atom stereocenters. The van der Waals surface area contributed by atoms with E-state index < -0.39 is 0 Å². The third-order valence-electron chi connectivity index (χ3n) is 6.76. The number of alkyl carbamates (subject to hydrolysis) is 1. The molecule has 1 fully saturated rings. The van der Waals surface area contributed by atoms with Crippen molar-refractivity contribution in [2.45, 2.75) is 38.1 Å². The van der Waals surface area contributed by atoms with E-state index >= 15 is 0 Å². The Kier molecular flexibility index (Phi) is 8.34. The molecule has 34 heavy (non-hydrogen) atoms. The van der Waals surface area contributed by atoms with Gasteiger partial charge in [0.15, 0.2) is 5.78 Å². The molecule has 1 N–H and O–H groups in total. The van der Waals surface area contributed by atoms with Gasteiger partial charge in [0.1, 0.15) is 5.71 Å². The molecule has 0 aromatic carbocycles. The lowest BCUT2D eigenvalue weighted by Gasteiger charge is -2.32. The summed E-state index contributed by atoms with van der Waals surface area (Å²) in [6.07, 6.45) is 10.9. The van der Waals surface area contributed by atoms with E-state index in [0.29, 0.717) is 31.7 Å². The van der Waals surface area contributed by atoms with E-state index in [4.69, 9.17) is 4.74 Å². The second-order valence-corrected chi connectivity index (χ2v) is 9.57. The first-order chi connectivity index (χ1) is 16.5. The number of carbonyl (C=O) groups excluding carboxylic acids is 2. The molecule has 0 spiro atoms. The molecule has 2 atom stereocenters. The van der Waals surface area contributed by atoms with Crippen LogP contribution in [0.5, 0.6) is 0 Å². The maximum Gasteiger partial charge on any atom is 0.407 e. The summed E-state index contributed by atoms with van der Waals surface area (Å²) >= 11 is 0. The van der Waals surface area contributed by atoms with Crippen LogP contribution < -0.4 is 10.3 Å². The first-order valence-electron chi connectivity index (χ1n) is 12.3. The van der Waals surface area contributed by atoms with Crippen LogP contribution >= 0.6 is 0 Å². The van der Waals surface area contributed by atoms with Crippen molar-refractivity contribution in [3.63, 3.8) is 0 Å². The van der Waals surface area contributed by atoms with E-state index in [1.807, 2.05) is 24.3 Å². The quantitative estimate of drug-likeness (QED) is 0.455. The summed E-state index contributed by atoms with van der Waals surface area (Å²) in [6, 6.07) is -0.0856. The number of likely N-dealkylation sites (N-methyl/N-ethyl adjacent to an activating group) is 1. The number of aromatic nitrogens is 2. The number of nitrogens with zero attached hydrogens (tertiary/aromatic N) is 6. The Morgan fingerprint density at radius 1 is 1.21 bits per heavy atom. The van der Waals surface area contributed by atoms with Crippen LogP contribution in [0.25, 0.3) is 0 Å². The third kappa shape index (κ3) is 6.89. The Morgan fingerprint density at radius 2 is 2.03 bits per heavy atom. The molecule has 0 radical (unpaired) electrons. The minimum atomic E-state index is -0.373. The lowest BCUT2D eigenvalue weighted by atomic mass is 9.86. The van der Waals surface area contributed by atoms with Crippen LogP contribution in [-0.2, 0) is 16.6 Å². The highest BCUT2D eigenvalue weighted by Gasteiger charge is 2.27. The zero-order valence-corrected chi connectivity index (χ0v) is 20.4. The molecular weight excluding hydrogens is 434 g/mol. The molecule has 3 aliphatic rings. The summed E-state index contributed by atoms with van der Waals surface area (Å²) in [5.74, 6) is 0.364. The molecule has 1 saturated heterocycles. The summed E-state index contributed by atoms with van der Waals surface area (Å²) in [4.78, 5) is 29.5. The molecule has 1 aromatic rings. The summed E-state index contributed by atoms with van der Waals surface area (Å²) in [5.41, 5.74) is 1.51. The Bertz CT molecular complexity index is 904. The molecule has 1 aliphatic carbocycles. The number of carbonyl (C=O) groups is 2. The number of anilines is 1. The second kappa shape index (κ2) is 11.6. The fourth-order valence-electron chi connectivity index (χ4n) is 4.72. The molecule has 10 heteroatoms. The lowest BCUT2D eigenvalue weighted by molar-refractivity contribution is -0.113. The van der Waals surface area contributed by atoms with Crippen LogP contribution in [0.4, 0.5) is 10.5 Å². The lowest BCUT2D eigenvalue weighted by Crippen LogP contribution is -2.45. The number of piperazine rings is 1. The van der Waals surface area contributed by atoms with Crippen molar-refractivity contribution in [1.29, 1.82) is 0 Å². The number of hydrogen-bond acceptors (Lipinski definition) is 8. The number of ketones is 1. The van der Waals surface area contributed by atoms with Crippen molar-refractivity contribution in [2.24, 2.45) is 18.1 Å². The second-order valence-electron chi connectivity index (χ2n) is 9.57. The Morgan fingerprint density at radius 3 is 2.79 bits per heavy atom. The van der Waals surface area contributed by atoms with E-state index in [1.165, 1.54) is 0 Å². The largest absolute Gasteiger partial charge is 0.450 e. The van der Waals surface area contributed by atoms with Gasteiger partial charge in [0.05, 0.1) is 24.5 Å². The van der Waals surface area contributed by atoms with Gasteiger partial charge in [-0.05, 0) is 38.6 Å². The number of nitrogens with one attached hydrogen (secondary N) is 1. The number of ether oxygens (including phenoxy) is 1. The van der Waals surface area contributed by atoms with E-state index in [9.17, 15) is 9.59 Å². The maximum absolute atomic E-state index is 12.5. The van der Waals surface area contributed by atoms with E-state index in [1.54, 1.807) is 10.9 Å². The van der Waals surface area contributed by atoms with Crippen LogP contribution in [0, 0.1) is 5.92 Å². The van der Waals surface area contributed by atoms with Gasteiger partial charge in [-0.3, -0.25) is 14.5 Å². The van der Waals surface area contributed by atoms with Crippen molar-refractivity contribution >= 4 is 23.3 Å². The fourth-order valence-corrected chi connectivity index (χ4v) is 4.72. The number of Topliss-reactive ketones (excluding diaryl/α,β-unsaturated/α-hetero) is 1. The van der Waals surface area contributed by atoms with Crippen molar-refractivity contribution in [3.05, 3.63) is 24.5 Å². The van der Waals surface area contributed by atoms with Crippen LogP contribution in [0.2, 0.25) is 0 Å². The van der Waals surface area contributed by atoms with Gasteiger partial charge in [-0.15, -0.1) is 0 Å². The maximum atomic E-state index is 12.5. The van der Waals surface area contributed by atoms with Gasteiger partial charge in [-0.25, -0.2) is 4.79 Å². The summed E-state index contributed by atoms with van der Waals surface area (Å²) < 4.78 is 7.14. The summed E-state index contributed by atoms with van der Waals surface area (Å²) in [6.45, 7) is 6.29. The van der Waals surface area contributed by atoms with Gasteiger partial charge >= 0.3 is 6.09 Å². The van der Waals surface area contributed by atoms with Crippen molar-refractivity contribution in [2.75, 3.05) is 57.9 Å². The van der Waals surface area contributed by atoms with Crippen LogP contribution in [-0.4, -0.2) is 96.1 Å². The van der Waals surface area contributed by atoms with Crippen LogP contribution in [0.3, 0.4) is 0 Å². The highest BCUT2D eigenvalue weighted by atomic mass is 16.5. The van der Waals surface area contributed by atoms with E-state index in [-0.39, 0.29) is 23.8 Å². The predicted octanol–water partition coefficient (Wildman–Crippen LogP) is 1.64. The standard InChI is InChI=1S/C24H37N7O3/c1-28-10-12-30(13-11-28)8-4-14-34-24(33)26-20-6-3-5-19(15-20)16-22-23(32)7-9-31(27-22)21-17-25-29(2)18-21/h3,6,17-20H,4-5,7-16H2,1-2H3,(H,26,33). The molecule has 1 amide bonds. The third-order valence-corrected chi connectivity index (χ3v) is 6.76. The molecule has 1 aromatic heterocycles. The minimum Gasteiger partial charge on any atom is -0.450 e. The minimum absolute atomic E-state index is 0.0856. The van der Waals surface area contributed by atoms with Gasteiger partial charge in [0, 0.05) is 58.9 Å². The number of hydrazone groups is 1. The number of aryl methyl sites for hydroxylation is 1. The summed E-state index contributed by atoms with van der Waals surface area (Å²) in [7, 11) is 4.01. The van der Waals surface area contributed by atoms with Gasteiger partial charge in [-0.2, -0.15) is 10.2 Å². The highest BCUT2D eigenvalue weighted by molar-refractivity contribution is 6.40. The monoisotopic (exact) mass is 471 g/mol.